The highest BCUT2D eigenvalue weighted by Crippen LogP contribution is 2.16. The first-order valence-electron chi connectivity index (χ1n) is 7.04. The van der Waals surface area contributed by atoms with Gasteiger partial charge in [0.1, 0.15) is 5.82 Å². The Balaban J connectivity index is 2.00. The molecule has 1 unspecified atom stereocenters. The largest absolute Gasteiger partial charge is 0.352 e. The zero-order chi connectivity index (χ0) is 15.2. The minimum absolute atomic E-state index is 0.00745. The molecular formula is C16H20FN3O. The van der Waals surface area contributed by atoms with Gasteiger partial charge in [0, 0.05) is 38.2 Å². The Morgan fingerprint density at radius 1 is 1.52 bits per heavy atom. The molecule has 0 spiro atoms. The van der Waals surface area contributed by atoms with Crippen LogP contribution in [-0.4, -0.2) is 36.5 Å². The number of carbonyl (C=O) groups excluding carboxylic acids is 1. The molecule has 1 aliphatic rings. The summed E-state index contributed by atoms with van der Waals surface area (Å²) in [4.78, 5) is 13.3. The molecule has 1 atom stereocenters. The predicted octanol–water partition coefficient (Wildman–Crippen LogP) is 0.846. The molecule has 21 heavy (non-hydrogen) atoms. The van der Waals surface area contributed by atoms with Gasteiger partial charge in [0.05, 0.1) is 6.54 Å². The number of nitrogens with two attached hydrogens (primary N) is 1. The fourth-order valence-corrected chi connectivity index (χ4v) is 2.61. The van der Waals surface area contributed by atoms with Crippen LogP contribution in [0.4, 0.5) is 4.39 Å². The summed E-state index contributed by atoms with van der Waals surface area (Å²) >= 11 is 0. The molecule has 1 fully saturated rings. The van der Waals surface area contributed by atoms with Crippen LogP contribution in [0.1, 0.15) is 24.5 Å². The fraction of sp³-hybridized carbons (Fsp3) is 0.438. The molecule has 0 saturated carbocycles. The lowest BCUT2D eigenvalue weighted by Gasteiger charge is -2.16. The molecule has 5 heteroatoms. The van der Waals surface area contributed by atoms with Crippen molar-refractivity contribution in [3.63, 3.8) is 0 Å². The van der Waals surface area contributed by atoms with E-state index in [1.165, 1.54) is 19.1 Å². The molecule has 1 amide bonds. The first kappa shape index (κ1) is 15.5. The molecule has 3 N–H and O–H groups in total. The van der Waals surface area contributed by atoms with E-state index in [4.69, 9.17) is 5.73 Å². The van der Waals surface area contributed by atoms with Crippen molar-refractivity contribution in [3.05, 3.63) is 35.1 Å². The SMILES string of the molecule is CC(=O)NC1CCN(Cc2cc(F)cc(C#CCN)c2)C1. The number of carbonyl (C=O) groups is 1. The Labute approximate surface area is 124 Å². The molecule has 0 bridgehead atoms. The van der Waals surface area contributed by atoms with Gasteiger partial charge in [-0.25, -0.2) is 4.39 Å². The fourth-order valence-electron chi connectivity index (χ4n) is 2.61. The number of halogens is 1. The number of nitrogens with one attached hydrogen (secondary N) is 1. The molecule has 2 rings (SSSR count). The number of benzene rings is 1. The van der Waals surface area contributed by atoms with Gasteiger partial charge in [-0.15, -0.1) is 0 Å². The lowest BCUT2D eigenvalue weighted by Crippen LogP contribution is -2.35. The van der Waals surface area contributed by atoms with E-state index in [1.807, 2.05) is 6.07 Å². The molecule has 4 nitrogen and oxygen atoms in total. The number of likely N-dealkylation sites (tertiary alicyclic amines) is 1. The summed E-state index contributed by atoms with van der Waals surface area (Å²) in [6, 6.07) is 5.01. The van der Waals surface area contributed by atoms with E-state index in [0.29, 0.717) is 12.1 Å². The Kier molecular flexibility index (Phi) is 5.32. The van der Waals surface area contributed by atoms with Crippen molar-refractivity contribution in [1.82, 2.24) is 10.2 Å². The molecule has 0 aromatic heterocycles. The molecule has 0 radical (unpaired) electrons. The van der Waals surface area contributed by atoms with Gasteiger partial charge in [0.15, 0.2) is 0 Å². The summed E-state index contributed by atoms with van der Waals surface area (Å²) in [6.07, 6.45) is 0.925. The third-order valence-electron chi connectivity index (χ3n) is 3.38. The van der Waals surface area contributed by atoms with Crippen LogP contribution in [0.5, 0.6) is 0 Å². The van der Waals surface area contributed by atoms with Crippen molar-refractivity contribution in [2.45, 2.75) is 25.9 Å². The third-order valence-corrected chi connectivity index (χ3v) is 3.38. The molecular weight excluding hydrogens is 269 g/mol. The second-order valence-corrected chi connectivity index (χ2v) is 5.28. The van der Waals surface area contributed by atoms with Crippen LogP contribution in [0.25, 0.3) is 0 Å². The number of hydrogen-bond acceptors (Lipinski definition) is 3. The Morgan fingerprint density at radius 3 is 3.05 bits per heavy atom. The Hall–Kier alpha value is -1.90. The van der Waals surface area contributed by atoms with Crippen molar-refractivity contribution < 1.29 is 9.18 Å². The van der Waals surface area contributed by atoms with Crippen LogP contribution in [0.3, 0.4) is 0 Å². The van der Waals surface area contributed by atoms with Gasteiger partial charge in [-0.3, -0.25) is 9.69 Å². The van der Waals surface area contributed by atoms with Crippen molar-refractivity contribution in [2.24, 2.45) is 5.73 Å². The highest BCUT2D eigenvalue weighted by Gasteiger charge is 2.22. The van der Waals surface area contributed by atoms with E-state index >= 15 is 0 Å². The van der Waals surface area contributed by atoms with E-state index in [1.54, 1.807) is 0 Å². The van der Waals surface area contributed by atoms with Gasteiger partial charge in [-0.1, -0.05) is 11.8 Å². The summed E-state index contributed by atoms with van der Waals surface area (Å²) in [5.41, 5.74) is 6.86. The topological polar surface area (TPSA) is 58.4 Å². The molecule has 1 aromatic rings. The van der Waals surface area contributed by atoms with Crippen LogP contribution >= 0.6 is 0 Å². The lowest BCUT2D eigenvalue weighted by atomic mass is 10.1. The first-order chi connectivity index (χ1) is 10.1. The molecule has 1 saturated heterocycles. The number of rotatable bonds is 3. The van der Waals surface area contributed by atoms with Crippen LogP contribution in [0.2, 0.25) is 0 Å². The van der Waals surface area contributed by atoms with Crippen LogP contribution in [0, 0.1) is 17.7 Å². The lowest BCUT2D eigenvalue weighted by molar-refractivity contribution is -0.119. The monoisotopic (exact) mass is 289 g/mol. The average molecular weight is 289 g/mol. The summed E-state index contributed by atoms with van der Waals surface area (Å²) in [6.45, 7) is 4.13. The normalized spacial score (nSPS) is 18.1. The van der Waals surface area contributed by atoms with E-state index in [2.05, 4.69) is 22.1 Å². The van der Waals surface area contributed by atoms with Crippen molar-refractivity contribution in [1.29, 1.82) is 0 Å². The van der Waals surface area contributed by atoms with E-state index in [0.717, 1.165) is 25.1 Å². The van der Waals surface area contributed by atoms with Crippen LogP contribution < -0.4 is 11.1 Å². The van der Waals surface area contributed by atoms with Crippen molar-refractivity contribution in [2.75, 3.05) is 19.6 Å². The van der Waals surface area contributed by atoms with Gasteiger partial charge in [0.2, 0.25) is 5.91 Å². The number of amides is 1. The number of nitrogens with zero attached hydrogens (tertiary/aromatic N) is 1. The maximum atomic E-state index is 13.6. The van der Waals surface area contributed by atoms with Crippen LogP contribution in [0.15, 0.2) is 18.2 Å². The zero-order valence-electron chi connectivity index (χ0n) is 12.2. The average Bonchev–Trinajstić information content (AvgIpc) is 2.82. The standard InChI is InChI=1S/C16H20FN3O/c1-12(21)19-16-4-6-20(11-16)10-14-7-13(3-2-5-18)8-15(17)9-14/h7-9,16H,4-6,10-11,18H2,1H3,(H,19,21). The quantitative estimate of drug-likeness (QED) is 0.811. The molecule has 1 aromatic carbocycles. The predicted molar refractivity (Wildman–Crippen MR) is 79.8 cm³/mol. The second-order valence-electron chi connectivity index (χ2n) is 5.28. The molecule has 1 heterocycles. The summed E-state index contributed by atoms with van der Waals surface area (Å²) < 4.78 is 13.6. The Morgan fingerprint density at radius 2 is 2.33 bits per heavy atom. The smallest absolute Gasteiger partial charge is 0.217 e. The summed E-state index contributed by atoms with van der Waals surface area (Å²) in [7, 11) is 0. The minimum Gasteiger partial charge on any atom is -0.352 e. The number of hydrogen-bond donors (Lipinski definition) is 2. The molecule has 0 aliphatic carbocycles. The van der Waals surface area contributed by atoms with Crippen molar-refractivity contribution >= 4 is 5.91 Å². The molecule has 1 aliphatic heterocycles. The van der Waals surface area contributed by atoms with E-state index < -0.39 is 0 Å². The first-order valence-corrected chi connectivity index (χ1v) is 7.04. The second kappa shape index (κ2) is 7.21. The maximum absolute atomic E-state index is 13.6. The molecule has 112 valence electrons. The van der Waals surface area contributed by atoms with Gasteiger partial charge >= 0.3 is 0 Å². The maximum Gasteiger partial charge on any atom is 0.217 e. The summed E-state index contributed by atoms with van der Waals surface area (Å²) in [5, 5.41) is 2.92. The van der Waals surface area contributed by atoms with Gasteiger partial charge in [-0.2, -0.15) is 0 Å². The van der Waals surface area contributed by atoms with Gasteiger partial charge < -0.3 is 11.1 Å². The van der Waals surface area contributed by atoms with Gasteiger partial charge in [-0.05, 0) is 30.2 Å². The van der Waals surface area contributed by atoms with Gasteiger partial charge in [0.25, 0.3) is 0 Å². The minimum atomic E-state index is -0.286. The Bertz CT molecular complexity index is 577. The third kappa shape index (κ3) is 4.85. The van der Waals surface area contributed by atoms with Crippen LogP contribution in [-0.2, 0) is 11.3 Å². The summed E-state index contributed by atoms with van der Waals surface area (Å²) in [5.74, 6) is 5.29. The van der Waals surface area contributed by atoms with Crippen molar-refractivity contribution in [3.8, 4) is 11.8 Å². The highest BCUT2D eigenvalue weighted by atomic mass is 19.1. The zero-order valence-corrected chi connectivity index (χ0v) is 12.2. The highest BCUT2D eigenvalue weighted by molar-refractivity contribution is 5.73. The van der Waals surface area contributed by atoms with E-state index in [9.17, 15) is 9.18 Å². The van der Waals surface area contributed by atoms with E-state index in [-0.39, 0.29) is 24.3 Å².